The van der Waals surface area contributed by atoms with Gasteiger partial charge in [0.15, 0.2) is 5.78 Å². The maximum absolute atomic E-state index is 11.7. The van der Waals surface area contributed by atoms with Crippen LogP contribution >= 0.6 is 0 Å². The third kappa shape index (κ3) is 7.04. The molecule has 0 radical (unpaired) electrons. The van der Waals surface area contributed by atoms with Crippen molar-refractivity contribution in [1.29, 1.82) is 0 Å². The van der Waals surface area contributed by atoms with Crippen molar-refractivity contribution in [2.75, 3.05) is 0 Å². The Kier molecular flexibility index (Phi) is 6.01. The van der Waals surface area contributed by atoms with Gasteiger partial charge in [0, 0.05) is 12.3 Å². The van der Waals surface area contributed by atoms with E-state index in [2.05, 4.69) is 5.32 Å². The summed E-state index contributed by atoms with van der Waals surface area (Å²) in [6, 6.07) is -0.651. The van der Waals surface area contributed by atoms with E-state index in [1.54, 1.807) is 34.6 Å². The van der Waals surface area contributed by atoms with Gasteiger partial charge >= 0.3 is 6.09 Å². The quantitative estimate of drug-likeness (QED) is 0.818. The minimum Gasteiger partial charge on any atom is -0.444 e. The average Bonchev–Trinajstić information content (AvgIpc) is 2.13. The van der Waals surface area contributed by atoms with Crippen LogP contribution in [0.1, 0.15) is 48.0 Å². The number of hydrogen-bond acceptors (Lipinski definition) is 4. The molecule has 0 unspecified atom stereocenters. The average molecular weight is 257 g/mol. The van der Waals surface area contributed by atoms with Crippen molar-refractivity contribution in [3.8, 4) is 0 Å². The largest absolute Gasteiger partial charge is 0.444 e. The van der Waals surface area contributed by atoms with Gasteiger partial charge in [0.1, 0.15) is 11.4 Å². The molecule has 0 fully saturated rings. The van der Waals surface area contributed by atoms with Gasteiger partial charge in [-0.05, 0) is 34.6 Å². The molecule has 0 saturated carbocycles. The van der Waals surface area contributed by atoms with Gasteiger partial charge in [-0.3, -0.25) is 9.59 Å². The van der Waals surface area contributed by atoms with Crippen molar-refractivity contribution in [2.24, 2.45) is 5.92 Å². The van der Waals surface area contributed by atoms with Crippen LogP contribution < -0.4 is 5.32 Å². The summed E-state index contributed by atoms with van der Waals surface area (Å²) in [6.45, 7) is 9.97. The van der Waals surface area contributed by atoms with E-state index >= 15 is 0 Å². The second-order valence-corrected chi connectivity index (χ2v) is 5.55. The second kappa shape index (κ2) is 6.52. The smallest absolute Gasteiger partial charge is 0.408 e. The Morgan fingerprint density at radius 2 is 1.67 bits per heavy atom. The van der Waals surface area contributed by atoms with Crippen LogP contribution in [0.2, 0.25) is 0 Å². The summed E-state index contributed by atoms with van der Waals surface area (Å²) in [5.41, 5.74) is -0.598. The summed E-state index contributed by atoms with van der Waals surface area (Å²) in [4.78, 5) is 34.2. The molecule has 0 aliphatic carbocycles. The van der Waals surface area contributed by atoms with Gasteiger partial charge < -0.3 is 10.1 Å². The van der Waals surface area contributed by atoms with Crippen molar-refractivity contribution in [2.45, 2.75) is 59.6 Å². The Bertz CT molecular complexity index is 330. The molecule has 0 aromatic heterocycles. The molecular formula is C13H23NO4. The van der Waals surface area contributed by atoms with Gasteiger partial charge in [-0.2, -0.15) is 0 Å². The van der Waals surface area contributed by atoms with Gasteiger partial charge in [0.2, 0.25) is 0 Å². The lowest BCUT2D eigenvalue weighted by Crippen LogP contribution is -2.42. The van der Waals surface area contributed by atoms with Gasteiger partial charge in [-0.15, -0.1) is 0 Å². The first-order valence-corrected chi connectivity index (χ1v) is 6.05. The number of rotatable bonds is 5. The molecule has 0 spiro atoms. The fourth-order valence-corrected chi connectivity index (χ4v) is 1.19. The summed E-state index contributed by atoms with van der Waals surface area (Å²) in [7, 11) is 0. The number of nitrogens with one attached hydrogen (secondary N) is 1. The molecule has 5 heteroatoms. The van der Waals surface area contributed by atoms with E-state index in [1.807, 2.05) is 0 Å². The van der Waals surface area contributed by atoms with E-state index in [0.29, 0.717) is 0 Å². The Balaban J connectivity index is 4.24. The maximum atomic E-state index is 11.7. The van der Waals surface area contributed by atoms with Crippen LogP contribution in [0, 0.1) is 5.92 Å². The third-order valence-corrected chi connectivity index (χ3v) is 2.42. The summed E-state index contributed by atoms with van der Waals surface area (Å²) in [5.74, 6) is -0.531. The van der Waals surface area contributed by atoms with Gasteiger partial charge in [0.25, 0.3) is 0 Å². The zero-order valence-electron chi connectivity index (χ0n) is 12.0. The topological polar surface area (TPSA) is 72.5 Å². The fraction of sp³-hybridized carbons (Fsp3) is 0.769. The molecule has 18 heavy (non-hydrogen) atoms. The summed E-state index contributed by atoms with van der Waals surface area (Å²) in [5, 5.41) is 2.46. The van der Waals surface area contributed by atoms with Crippen LogP contribution in [-0.4, -0.2) is 29.3 Å². The highest BCUT2D eigenvalue weighted by atomic mass is 16.6. The van der Waals surface area contributed by atoms with Crippen molar-refractivity contribution >= 4 is 17.7 Å². The number of carbonyl (C=O) groups is 3. The molecule has 0 bridgehead atoms. The van der Waals surface area contributed by atoms with Crippen molar-refractivity contribution in [3.05, 3.63) is 0 Å². The van der Waals surface area contributed by atoms with E-state index in [9.17, 15) is 14.4 Å². The molecule has 104 valence electrons. The number of amides is 1. The molecule has 1 amide bonds. The van der Waals surface area contributed by atoms with E-state index < -0.39 is 17.7 Å². The number of ketones is 2. The van der Waals surface area contributed by atoms with E-state index in [4.69, 9.17) is 4.74 Å². The molecule has 1 N–H and O–H groups in total. The van der Waals surface area contributed by atoms with E-state index in [0.717, 1.165) is 0 Å². The van der Waals surface area contributed by atoms with Crippen LogP contribution in [0.15, 0.2) is 0 Å². The van der Waals surface area contributed by atoms with E-state index in [1.165, 1.54) is 6.92 Å². The first-order valence-electron chi connectivity index (χ1n) is 6.05. The van der Waals surface area contributed by atoms with Crippen molar-refractivity contribution in [1.82, 2.24) is 5.32 Å². The number of carbonyl (C=O) groups excluding carboxylic acids is 3. The highest BCUT2D eigenvalue weighted by molar-refractivity contribution is 5.91. The monoisotopic (exact) mass is 257 g/mol. The first kappa shape index (κ1) is 16.6. The lowest BCUT2D eigenvalue weighted by atomic mass is 9.98. The Morgan fingerprint density at radius 1 is 1.17 bits per heavy atom. The molecule has 2 atom stereocenters. The Morgan fingerprint density at radius 3 is 2.06 bits per heavy atom. The SMILES string of the molecule is CC(=O)[C@H](C)CC(=O)[C@H](C)NC(=O)OC(C)(C)C. The van der Waals surface area contributed by atoms with Crippen LogP contribution in [0.4, 0.5) is 4.79 Å². The van der Waals surface area contributed by atoms with Gasteiger partial charge in [0.05, 0.1) is 6.04 Å². The minimum absolute atomic E-state index is 0.0344. The number of Topliss-reactive ketones (excluding diaryl/α,β-unsaturated/α-hetero) is 2. The van der Waals surface area contributed by atoms with Crippen LogP contribution in [0.3, 0.4) is 0 Å². The molecule has 0 aliphatic heterocycles. The van der Waals surface area contributed by atoms with Crippen molar-refractivity contribution in [3.63, 3.8) is 0 Å². The summed E-state index contributed by atoms with van der Waals surface area (Å²) >= 11 is 0. The van der Waals surface area contributed by atoms with Crippen LogP contribution in [0.25, 0.3) is 0 Å². The van der Waals surface area contributed by atoms with Crippen LogP contribution in [-0.2, 0) is 14.3 Å². The summed E-state index contributed by atoms with van der Waals surface area (Å²) < 4.78 is 5.04. The number of alkyl carbamates (subject to hydrolysis) is 1. The standard InChI is InChI=1S/C13H23NO4/c1-8(10(3)15)7-11(16)9(2)14-12(17)18-13(4,5)6/h8-9H,7H2,1-6H3,(H,14,17)/t8-,9+/m1/s1. The fourth-order valence-electron chi connectivity index (χ4n) is 1.19. The van der Waals surface area contributed by atoms with Gasteiger partial charge in [-0.1, -0.05) is 6.92 Å². The predicted molar refractivity (Wildman–Crippen MR) is 68.3 cm³/mol. The molecule has 0 aromatic carbocycles. The lowest BCUT2D eigenvalue weighted by molar-refractivity contribution is -0.127. The maximum Gasteiger partial charge on any atom is 0.408 e. The van der Waals surface area contributed by atoms with Crippen molar-refractivity contribution < 1.29 is 19.1 Å². The molecule has 0 aliphatic rings. The lowest BCUT2D eigenvalue weighted by Gasteiger charge is -2.21. The molecule has 0 rings (SSSR count). The van der Waals surface area contributed by atoms with Crippen LogP contribution in [0.5, 0.6) is 0 Å². The molecule has 0 aromatic rings. The first-order chi connectivity index (χ1) is 8.03. The highest BCUT2D eigenvalue weighted by Gasteiger charge is 2.22. The zero-order chi connectivity index (χ0) is 14.5. The second-order valence-electron chi connectivity index (χ2n) is 5.55. The van der Waals surface area contributed by atoms with Gasteiger partial charge in [-0.25, -0.2) is 4.79 Å². The number of hydrogen-bond donors (Lipinski definition) is 1. The molecule has 0 saturated heterocycles. The molecular weight excluding hydrogens is 234 g/mol. The highest BCUT2D eigenvalue weighted by Crippen LogP contribution is 2.09. The number of ether oxygens (including phenoxy) is 1. The molecule has 5 nitrogen and oxygen atoms in total. The third-order valence-electron chi connectivity index (χ3n) is 2.42. The minimum atomic E-state index is -0.651. The summed E-state index contributed by atoms with van der Waals surface area (Å²) in [6.07, 6.45) is -0.495. The van der Waals surface area contributed by atoms with E-state index in [-0.39, 0.29) is 23.9 Å². The predicted octanol–water partition coefficient (Wildman–Crippen LogP) is 2.08. The zero-order valence-corrected chi connectivity index (χ0v) is 12.0. The molecule has 0 heterocycles. The normalized spacial score (nSPS) is 14.6. The Hall–Kier alpha value is -1.39. The Labute approximate surface area is 108 Å².